The lowest BCUT2D eigenvalue weighted by molar-refractivity contribution is -0.119. The Labute approximate surface area is 156 Å². The van der Waals surface area contributed by atoms with Gasteiger partial charge in [0.15, 0.2) is 6.61 Å². The highest BCUT2D eigenvalue weighted by molar-refractivity contribution is 7.14. The Morgan fingerprint density at radius 1 is 1.38 bits per heavy atom. The number of nitrogens with zero attached hydrogens (tertiary/aromatic N) is 1. The van der Waals surface area contributed by atoms with Crippen LogP contribution in [0.25, 0.3) is 0 Å². The van der Waals surface area contributed by atoms with Crippen molar-refractivity contribution in [3.8, 4) is 0 Å². The number of aryl methyl sites for hydroxylation is 1. The second-order valence-corrected chi connectivity index (χ2v) is 8.99. The van der Waals surface area contributed by atoms with Crippen molar-refractivity contribution in [2.45, 2.75) is 52.4 Å². The van der Waals surface area contributed by atoms with E-state index in [1.54, 1.807) is 6.07 Å². The fraction of sp³-hybridized carbons (Fsp3) is 0.526. The van der Waals surface area contributed by atoms with E-state index in [1.165, 1.54) is 21.8 Å². The molecule has 0 fully saturated rings. The van der Waals surface area contributed by atoms with Gasteiger partial charge in [-0.25, -0.2) is 4.79 Å². The molecule has 1 atom stereocenters. The van der Waals surface area contributed by atoms with Crippen LogP contribution < -0.4 is 5.32 Å². The molecule has 0 unspecified atom stereocenters. The molecule has 1 aliphatic carbocycles. The van der Waals surface area contributed by atoms with E-state index in [9.17, 15) is 9.59 Å². The number of aromatic nitrogens is 1. The fourth-order valence-corrected chi connectivity index (χ4v) is 3.97. The number of hydrogen-bond donors (Lipinski definition) is 1. The van der Waals surface area contributed by atoms with Gasteiger partial charge in [-0.1, -0.05) is 32.9 Å². The Bertz CT molecular complexity index is 816. The van der Waals surface area contributed by atoms with Gasteiger partial charge in [0, 0.05) is 16.4 Å². The van der Waals surface area contributed by atoms with E-state index in [2.05, 4.69) is 17.4 Å². The minimum absolute atomic E-state index is 0.172. The van der Waals surface area contributed by atoms with Crippen molar-refractivity contribution in [3.05, 3.63) is 33.1 Å². The number of carbonyl (C=O) groups excluding carboxylic acids is 2. The molecule has 140 valence electrons. The first-order valence-corrected chi connectivity index (χ1v) is 9.60. The Balaban J connectivity index is 1.53. The Hall–Kier alpha value is -2.15. The highest BCUT2D eigenvalue weighted by Gasteiger charge is 2.22. The second-order valence-electron chi connectivity index (χ2n) is 7.86. The van der Waals surface area contributed by atoms with Crippen molar-refractivity contribution in [3.63, 3.8) is 0 Å². The van der Waals surface area contributed by atoms with Crippen LogP contribution in [-0.4, -0.2) is 23.6 Å². The molecule has 26 heavy (non-hydrogen) atoms. The van der Waals surface area contributed by atoms with Crippen LogP contribution >= 0.6 is 11.3 Å². The van der Waals surface area contributed by atoms with Gasteiger partial charge in [-0.2, -0.15) is 0 Å². The van der Waals surface area contributed by atoms with Crippen LogP contribution in [0.1, 0.15) is 59.9 Å². The molecule has 7 heteroatoms. The quantitative estimate of drug-likeness (QED) is 0.817. The van der Waals surface area contributed by atoms with Crippen molar-refractivity contribution in [1.82, 2.24) is 5.16 Å². The first kappa shape index (κ1) is 18.6. The molecule has 1 aliphatic rings. The number of carbonyl (C=O) groups is 2. The zero-order valence-electron chi connectivity index (χ0n) is 15.5. The van der Waals surface area contributed by atoms with Crippen LogP contribution in [0.3, 0.4) is 0 Å². The summed E-state index contributed by atoms with van der Waals surface area (Å²) in [6, 6.07) is 3.58. The third kappa shape index (κ3) is 4.33. The molecule has 0 saturated carbocycles. The van der Waals surface area contributed by atoms with E-state index in [0.717, 1.165) is 25.0 Å². The maximum atomic E-state index is 12.2. The molecule has 0 spiro atoms. The number of thiophene rings is 1. The summed E-state index contributed by atoms with van der Waals surface area (Å²) in [5, 5.41) is 6.48. The topological polar surface area (TPSA) is 81.4 Å². The third-order valence-corrected chi connectivity index (χ3v) is 5.62. The van der Waals surface area contributed by atoms with Crippen molar-refractivity contribution in [1.29, 1.82) is 0 Å². The summed E-state index contributed by atoms with van der Waals surface area (Å²) in [6.45, 7) is 7.86. The molecule has 0 aliphatic heterocycles. The van der Waals surface area contributed by atoms with Crippen LogP contribution in [-0.2, 0) is 27.8 Å². The highest BCUT2D eigenvalue weighted by atomic mass is 32.1. The lowest BCUT2D eigenvalue weighted by Gasteiger charge is -2.16. The largest absolute Gasteiger partial charge is 0.451 e. The molecule has 0 saturated heterocycles. The van der Waals surface area contributed by atoms with Crippen LogP contribution in [0.15, 0.2) is 16.7 Å². The molecule has 0 bridgehead atoms. The van der Waals surface area contributed by atoms with Gasteiger partial charge in [0.2, 0.25) is 5.88 Å². The smallest absolute Gasteiger partial charge is 0.348 e. The summed E-state index contributed by atoms with van der Waals surface area (Å²) >= 11 is 1.47. The van der Waals surface area contributed by atoms with E-state index < -0.39 is 11.9 Å². The minimum Gasteiger partial charge on any atom is -0.451 e. The number of nitrogens with one attached hydrogen (secondary N) is 1. The van der Waals surface area contributed by atoms with E-state index in [1.807, 2.05) is 26.8 Å². The van der Waals surface area contributed by atoms with Gasteiger partial charge < -0.3 is 9.26 Å². The van der Waals surface area contributed by atoms with Gasteiger partial charge in [0.1, 0.15) is 4.88 Å². The molecular formula is C19H24N2O4S. The summed E-state index contributed by atoms with van der Waals surface area (Å²) < 4.78 is 10.2. The van der Waals surface area contributed by atoms with Gasteiger partial charge in [0.25, 0.3) is 5.91 Å². The van der Waals surface area contributed by atoms with Crippen molar-refractivity contribution in [2.75, 3.05) is 11.9 Å². The number of fused-ring (bicyclic) bond motifs is 1. The summed E-state index contributed by atoms with van der Waals surface area (Å²) in [5.74, 6) is -0.0201. The summed E-state index contributed by atoms with van der Waals surface area (Å²) in [6.07, 6.45) is 3.16. The maximum absolute atomic E-state index is 12.2. The zero-order valence-corrected chi connectivity index (χ0v) is 16.4. The van der Waals surface area contributed by atoms with Gasteiger partial charge >= 0.3 is 5.97 Å². The van der Waals surface area contributed by atoms with Crippen LogP contribution in [0.5, 0.6) is 0 Å². The van der Waals surface area contributed by atoms with Gasteiger partial charge in [-0.3, -0.25) is 10.1 Å². The van der Waals surface area contributed by atoms with Gasteiger partial charge in [-0.15, -0.1) is 11.3 Å². The predicted molar refractivity (Wildman–Crippen MR) is 99.6 cm³/mol. The molecule has 2 heterocycles. The van der Waals surface area contributed by atoms with Crippen LogP contribution in [0, 0.1) is 5.92 Å². The maximum Gasteiger partial charge on any atom is 0.348 e. The van der Waals surface area contributed by atoms with E-state index in [0.29, 0.717) is 10.8 Å². The van der Waals surface area contributed by atoms with Gasteiger partial charge in [-0.05, 0) is 36.8 Å². The number of hydrogen-bond acceptors (Lipinski definition) is 6. The molecule has 1 N–H and O–H groups in total. The molecule has 0 aromatic carbocycles. The molecule has 0 radical (unpaired) electrons. The predicted octanol–water partition coefficient (Wildman–Crippen LogP) is 3.95. The van der Waals surface area contributed by atoms with E-state index in [4.69, 9.17) is 9.26 Å². The summed E-state index contributed by atoms with van der Waals surface area (Å²) in [5.41, 5.74) is 1.80. The number of esters is 1. The molecule has 2 aromatic heterocycles. The monoisotopic (exact) mass is 376 g/mol. The average molecular weight is 376 g/mol. The summed E-state index contributed by atoms with van der Waals surface area (Å²) in [4.78, 5) is 26.0. The second kappa shape index (κ2) is 7.23. The normalized spacial score (nSPS) is 16.8. The number of rotatable bonds is 4. The van der Waals surface area contributed by atoms with Crippen LogP contribution in [0.4, 0.5) is 5.88 Å². The first-order chi connectivity index (χ1) is 12.2. The number of ether oxygens (including phenoxy) is 1. The van der Waals surface area contributed by atoms with Crippen molar-refractivity contribution >= 4 is 29.1 Å². The summed E-state index contributed by atoms with van der Waals surface area (Å²) in [7, 11) is 0. The van der Waals surface area contributed by atoms with E-state index in [-0.39, 0.29) is 17.9 Å². The third-order valence-electron chi connectivity index (χ3n) is 4.41. The Morgan fingerprint density at radius 3 is 2.85 bits per heavy atom. The number of amides is 1. The van der Waals surface area contributed by atoms with E-state index >= 15 is 0 Å². The zero-order chi connectivity index (χ0) is 18.9. The van der Waals surface area contributed by atoms with Gasteiger partial charge in [0.05, 0.1) is 5.69 Å². The number of anilines is 1. The molecular weight excluding hydrogens is 352 g/mol. The lowest BCUT2D eigenvalue weighted by Crippen LogP contribution is -2.20. The molecule has 2 aromatic rings. The molecule has 6 nitrogen and oxygen atoms in total. The lowest BCUT2D eigenvalue weighted by atomic mass is 9.90. The highest BCUT2D eigenvalue weighted by Crippen LogP contribution is 2.32. The molecule has 3 rings (SSSR count). The van der Waals surface area contributed by atoms with Crippen molar-refractivity contribution < 1.29 is 18.8 Å². The van der Waals surface area contributed by atoms with Crippen molar-refractivity contribution in [2.24, 2.45) is 5.92 Å². The SMILES string of the molecule is C[C@@H]1CCc2sc(C(=O)OCC(=O)Nc3cc(C(C)(C)C)no3)cc2C1. The Kier molecular flexibility index (Phi) is 5.18. The first-order valence-electron chi connectivity index (χ1n) is 8.78. The average Bonchev–Trinajstić information content (AvgIpc) is 3.18. The molecule has 1 amide bonds. The standard InChI is InChI=1S/C19H24N2O4S/c1-11-5-6-13-12(7-11)8-14(26-13)18(23)24-10-16(22)20-17-9-15(21-25-17)19(2,3)4/h8-9,11H,5-7,10H2,1-4H3,(H,20,22)/t11-/m1/s1. The Morgan fingerprint density at radius 2 is 2.15 bits per heavy atom. The minimum atomic E-state index is -0.458. The fourth-order valence-electron chi connectivity index (χ4n) is 2.87. The van der Waals surface area contributed by atoms with Crippen LogP contribution in [0.2, 0.25) is 0 Å².